The van der Waals surface area contributed by atoms with E-state index in [-0.39, 0.29) is 6.07 Å². The molecule has 2 nitrogen and oxygen atoms in total. The third kappa shape index (κ3) is 2.80. The van der Waals surface area contributed by atoms with Crippen molar-refractivity contribution in [1.82, 2.24) is 9.97 Å². The van der Waals surface area contributed by atoms with E-state index in [0.717, 1.165) is 0 Å². The molecule has 1 rings (SSSR count). The Balaban J connectivity index is 3.30. The van der Waals surface area contributed by atoms with Gasteiger partial charge in [0.15, 0.2) is 0 Å². The van der Waals surface area contributed by atoms with E-state index in [1.807, 2.05) is 0 Å². The van der Waals surface area contributed by atoms with Crippen LogP contribution in [0.15, 0.2) is 6.07 Å². The smallest absolute Gasteiger partial charge is 0.228 e. The molecule has 0 unspecified atom stereocenters. The first-order valence-electron chi connectivity index (χ1n) is 3.46. The third-order valence-electron chi connectivity index (χ3n) is 1.35. The molecule has 0 saturated heterocycles. The van der Waals surface area contributed by atoms with Crippen LogP contribution in [0.25, 0.3) is 0 Å². The highest BCUT2D eigenvalue weighted by Crippen LogP contribution is 2.33. The van der Waals surface area contributed by atoms with Crippen molar-refractivity contribution in [3.05, 3.63) is 30.2 Å². The van der Waals surface area contributed by atoms with Crippen LogP contribution in [0.1, 0.15) is 17.2 Å². The molecule has 1 heterocycles. The lowest BCUT2D eigenvalue weighted by atomic mass is 10.3. The van der Waals surface area contributed by atoms with Crippen LogP contribution in [0.4, 0.5) is 26.3 Å². The average Bonchev–Trinajstić information content (AvgIpc) is 1.99. The highest BCUT2D eigenvalue weighted by Gasteiger charge is 2.39. The molecule has 0 saturated carbocycles. The summed E-state index contributed by atoms with van der Waals surface area (Å²) in [6.45, 7) is 2.85. The normalized spacial score (nSPS) is 13.0. The molecule has 0 fully saturated rings. The second kappa shape index (κ2) is 3.35. The number of halogens is 6. The molecule has 1 radical (unpaired) electrons. The Kier molecular flexibility index (Phi) is 2.62. The summed E-state index contributed by atoms with van der Waals surface area (Å²) in [6, 6.07) is -0.158. The van der Waals surface area contributed by atoms with Gasteiger partial charge in [-0.05, 0) is 6.07 Å². The minimum Gasteiger partial charge on any atom is -0.228 e. The second-order valence-electron chi connectivity index (χ2n) is 2.55. The molecule has 0 bridgehead atoms. The molecule has 0 N–H and O–H groups in total. The summed E-state index contributed by atoms with van der Waals surface area (Å²) in [5.41, 5.74) is -3.32. The SMILES string of the molecule is [CH2]c1nc(C(F)(F)F)cc(C(F)(F)F)n1. The van der Waals surface area contributed by atoms with Crippen LogP contribution in [0.2, 0.25) is 0 Å². The number of aromatic nitrogens is 2. The Hall–Kier alpha value is -1.34. The summed E-state index contributed by atoms with van der Waals surface area (Å²) < 4.78 is 72.3. The maximum Gasteiger partial charge on any atom is 0.433 e. The Morgan fingerprint density at radius 1 is 0.867 bits per heavy atom. The van der Waals surface area contributed by atoms with E-state index in [2.05, 4.69) is 16.9 Å². The van der Waals surface area contributed by atoms with Crippen molar-refractivity contribution in [2.45, 2.75) is 12.4 Å². The van der Waals surface area contributed by atoms with E-state index in [0.29, 0.717) is 0 Å². The first-order chi connectivity index (χ1) is 6.60. The van der Waals surface area contributed by atoms with Crippen LogP contribution in [-0.4, -0.2) is 9.97 Å². The Morgan fingerprint density at radius 2 is 1.20 bits per heavy atom. The standard InChI is InChI=1S/C7H3F6N2/c1-3-14-4(6(8,9)10)2-5(15-3)7(11,12)13/h2H,1H2. The van der Waals surface area contributed by atoms with Gasteiger partial charge in [0, 0.05) is 6.92 Å². The lowest BCUT2D eigenvalue weighted by molar-refractivity contribution is -0.147. The molecule has 0 aliphatic carbocycles. The van der Waals surface area contributed by atoms with Gasteiger partial charge in [0.2, 0.25) is 0 Å². The van der Waals surface area contributed by atoms with Gasteiger partial charge in [0.1, 0.15) is 17.2 Å². The zero-order valence-electron chi connectivity index (χ0n) is 6.95. The molecule has 1 aromatic heterocycles. The average molecular weight is 229 g/mol. The van der Waals surface area contributed by atoms with E-state index in [4.69, 9.17) is 0 Å². The molecule has 0 atom stereocenters. The first-order valence-corrected chi connectivity index (χ1v) is 3.46. The highest BCUT2D eigenvalue weighted by molar-refractivity contribution is 5.17. The van der Waals surface area contributed by atoms with Crippen molar-refractivity contribution in [2.75, 3.05) is 0 Å². The Bertz CT molecular complexity index is 334. The molecule has 15 heavy (non-hydrogen) atoms. The molecular weight excluding hydrogens is 226 g/mol. The molecule has 0 aromatic carbocycles. The van der Waals surface area contributed by atoms with Crippen LogP contribution >= 0.6 is 0 Å². The van der Waals surface area contributed by atoms with E-state index in [9.17, 15) is 26.3 Å². The number of hydrogen-bond acceptors (Lipinski definition) is 2. The summed E-state index contributed by atoms with van der Waals surface area (Å²) in [5, 5.41) is 0. The van der Waals surface area contributed by atoms with Crippen LogP contribution in [-0.2, 0) is 12.4 Å². The summed E-state index contributed by atoms with van der Waals surface area (Å²) in [6.07, 6.45) is -9.90. The van der Waals surface area contributed by atoms with Gasteiger partial charge >= 0.3 is 12.4 Å². The van der Waals surface area contributed by atoms with Crippen LogP contribution in [0.5, 0.6) is 0 Å². The van der Waals surface area contributed by atoms with Crippen LogP contribution in [0, 0.1) is 6.92 Å². The fourth-order valence-corrected chi connectivity index (χ4v) is 0.788. The predicted molar refractivity (Wildman–Crippen MR) is 36.5 cm³/mol. The largest absolute Gasteiger partial charge is 0.433 e. The van der Waals surface area contributed by atoms with Gasteiger partial charge in [-0.2, -0.15) is 26.3 Å². The third-order valence-corrected chi connectivity index (χ3v) is 1.35. The molecule has 8 heteroatoms. The summed E-state index contributed by atoms with van der Waals surface area (Å²) >= 11 is 0. The fraction of sp³-hybridized carbons (Fsp3) is 0.286. The Morgan fingerprint density at radius 3 is 1.47 bits per heavy atom. The maximum atomic E-state index is 12.1. The van der Waals surface area contributed by atoms with Crippen molar-refractivity contribution in [3.8, 4) is 0 Å². The second-order valence-corrected chi connectivity index (χ2v) is 2.55. The van der Waals surface area contributed by atoms with Crippen molar-refractivity contribution in [2.24, 2.45) is 0 Å². The van der Waals surface area contributed by atoms with Crippen molar-refractivity contribution in [1.29, 1.82) is 0 Å². The number of hydrogen-bond donors (Lipinski definition) is 0. The molecule has 0 spiro atoms. The summed E-state index contributed by atoms with van der Waals surface area (Å²) in [4.78, 5) is 5.54. The summed E-state index contributed by atoms with van der Waals surface area (Å²) in [7, 11) is 0. The van der Waals surface area contributed by atoms with Gasteiger partial charge in [-0.25, -0.2) is 9.97 Å². The van der Waals surface area contributed by atoms with E-state index in [1.54, 1.807) is 0 Å². The van der Waals surface area contributed by atoms with E-state index >= 15 is 0 Å². The molecule has 0 aliphatic rings. The topological polar surface area (TPSA) is 25.8 Å². The van der Waals surface area contributed by atoms with Gasteiger partial charge in [0.05, 0.1) is 0 Å². The zero-order valence-corrected chi connectivity index (χ0v) is 6.95. The monoisotopic (exact) mass is 229 g/mol. The van der Waals surface area contributed by atoms with E-state index < -0.39 is 29.6 Å². The fourth-order valence-electron chi connectivity index (χ4n) is 0.788. The number of rotatable bonds is 0. The Labute approximate surface area is 80.0 Å². The molecule has 83 valence electrons. The van der Waals surface area contributed by atoms with Crippen molar-refractivity contribution in [3.63, 3.8) is 0 Å². The van der Waals surface area contributed by atoms with Gasteiger partial charge in [-0.3, -0.25) is 0 Å². The predicted octanol–water partition coefficient (Wildman–Crippen LogP) is 2.70. The van der Waals surface area contributed by atoms with Crippen molar-refractivity contribution < 1.29 is 26.3 Å². The van der Waals surface area contributed by atoms with Crippen molar-refractivity contribution >= 4 is 0 Å². The lowest BCUT2D eigenvalue weighted by Gasteiger charge is -2.10. The van der Waals surface area contributed by atoms with Gasteiger partial charge in [-0.15, -0.1) is 0 Å². The molecule has 1 aromatic rings. The van der Waals surface area contributed by atoms with Gasteiger partial charge in [-0.1, -0.05) is 0 Å². The van der Waals surface area contributed by atoms with Crippen LogP contribution in [0.3, 0.4) is 0 Å². The molecule has 0 amide bonds. The first kappa shape index (κ1) is 11.7. The maximum absolute atomic E-state index is 12.1. The van der Waals surface area contributed by atoms with Gasteiger partial charge in [0.25, 0.3) is 0 Å². The number of alkyl halides is 6. The molecular formula is C7H3F6N2. The summed E-state index contributed by atoms with van der Waals surface area (Å²) in [5.74, 6) is -0.822. The highest BCUT2D eigenvalue weighted by atomic mass is 19.4. The minimum atomic E-state index is -4.95. The minimum absolute atomic E-state index is 0.158. The number of nitrogens with zero attached hydrogens (tertiary/aromatic N) is 2. The van der Waals surface area contributed by atoms with E-state index in [1.165, 1.54) is 0 Å². The lowest BCUT2D eigenvalue weighted by Crippen LogP contribution is -2.16. The van der Waals surface area contributed by atoms with Crippen LogP contribution < -0.4 is 0 Å². The van der Waals surface area contributed by atoms with Gasteiger partial charge < -0.3 is 0 Å². The quantitative estimate of drug-likeness (QED) is 0.639. The zero-order chi connectivity index (χ0) is 11.9. The molecule has 0 aliphatic heterocycles.